The van der Waals surface area contributed by atoms with Gasteiger partial charge in [-0.1, -0.05) is 12.1 Å². The van der Waals surface area contributed by atoms with Crippen LogP contribution in [-0.4, -0.2) is 36.1 Å². The van der Waals surface area contributed by atoms with Crippen LogP contribution in [0.1, 0.15) is 12.0 Å². The number of halogens is 3. The van der Waals surface area contributed by atoms with Gasteiger partial charge in [0, 0.05) is 19.1 Å². The zero-order chi connectivity index (χ0) is 18.2. The minimum absolute atomic E-state index is 0.00358. The first-order valence-electron chi connectivity index (χ1n) is 7.82. The first-order chi connectivity index (χ1) is 11.8. The predicted molar refractivity (Wildman–Crippen MR) is 91.0 cm³/mol. The molecule has 0 saturated carbocycles. The standard InChI is InChI=1S/C16H19F3N6/c1-22-11-5-6-25(8-11)14-12(13(20)23-15(21)24-14)9-3-2-4-10(7-9)16(17,18)19/h2-4,7,11,22H,5-6,8H2,1H3,(H4,20,21,23,24)/t11-/m0/s1. The highest BCUT2D eigenvalue weighted by Crippen LogP contribution is 2.38. The molecular weight excluding hydrogens is 333 g/mol. The van der Waals surface area contributed by atoms with Gasteiger partial charge in [-0.05, 0) is 31.2 Å². The molecule has 1 atom stereocenters. The van der Waals surface area contributed by atoms with E-state index in [4.69, 9.17) is 11.5 Å². The highest BCUT2D eigenvalue weighted by Gasteiger charge is 2.32. The van der Waals surface area contributed by atoms with Crippen molar-refractivity contribution >= 4 is 17.6 Å². The number of likely N-dealkylation sites (N-methyl/N-ethyl adjacent to an activating group) is 1. The summed E-state index contributed by atoms with van der Waals surface area (Å²) >= 11 is 0. The van der Waals surface area contributed by atoms with Crippen LogP contribution >= 0.6 is 0 Å². The van der Waals surface area contributed by atoms with Crippen LogP contribution in [0.3, 0.4) is 0 Å². The summed E-state index contributed by atoms with van der Waals surface area (Å²) < 4.78 is 39.1. The van der Waals surface area contributed by atoms with Gasteiger partial charge in [-0.2, -0.15) is 23.1 Å². The Morgan fingerprint density at radius 1 is 1.24 bits per heavy atom. The summed E-state index contributed by atoms with van der Waals surface area (Å²) in [6.45, 7) is 1.37. The number of nitrogen functional groups attached to an aromatic ring is 2. The Hall–Kier alpha value is -2.55. The fraction of sp³-hybridized carbons (Fsp3) is 0.375. The molecule has 2 heterocycles. The quantitative estimate of drug-likeness (QED) is 0.784. The smallest absolute Gasteiger partial charge is 0.383 e. The van der Waals surface area contributed by atoms with E-state index in [1.54, 1.807) is 6.07 Å². The summed E-state index contributed by atoms with van der Waals surface area (Å²) in [6.07, 6.45) is -3.55. The average Bonchev–Trinajstić information content (AvgIpc) is 3.02. The first kappa shape index (κ1) is 17.3. The minimum atomic E-state index is -4.44. The van der Waals surface area contributed by atoms with Gasteiger partial charge in [0.05, 0.1) is 11.1 Å². The van der Waals surface area contributed by atoms with Crippen molar-refractivity contribution < 1.29 is 13.2 Å². The van der Waals surface area contributed by atoms with E-state index in [0.29, 0.717) is 30.0 Å². The lowest BCUT2D eigenvalue weighted by atomic mass is 10.0. The molecule has 1 saturated heterocycles. The van der Waals surface area contributed by atoms with E-state index < -0.39 is 11.7 Å². The molecule has 0 aliphatic carbocycles. The van der Waals surface area contributed by atoms with Crippen LogP contribution in [0.25, 0.3) is 11.1 Å². The monoisotopic (exact) mass is 352 g/mol. The van der Waals surface area contributed by atoms with E-state index in [1.165, 1.54) is 6.07 Å². The fourth-order valence-corrected chi connectivity index (χ4v) is 3.03. The van der Waals surface area contributed by atoms with Crippen molar-refractivity contribution in [3.8, 4) is 11.1 Å². The second-order valence-corrected chi connectivity index (χ2v) is 5.96. The number of nitrogens with two attached hydrogens (primary N) is 2. The van der Waals surface area contributed by atoms with Crippen molar-refractivity contribution in [3.05, 3.63) is 29.8 Å². The number of anilines is 3. The van der Waals surface area contributed by atoms with Crippen molar-refractivity contribution in [1.29, 1.82) is 0 Å². The van der Waals surface area contributed by atoms with Gasteiger partial charge in [0.25, 0.3) is 0 Å². The van der Waals surface area contributed by atoms with Crippen LogP contribution in [-0.2, 0) is 6.18 Å². The molecule has 134 valence electrons. The minimum Gasteiger partial charge on any atom is -0.383 e. The number of aromatic nitrogens is 2. The summed E-state index contributed by atoms with van der Waals surface area (Å²) in [5.74, 6) is 0.521. The predicted octanol–water partition coefficient (Wildman–Crippen LogP) is 2.12. The summed E-state index contributed by atoms with van der Waals surface area (Å²) in [5, 5.41) is 3.18. The lowest BCUT2D eigenvalue weighted by Gasteiger charge is -2.22. The molecule has 0 bridgehead atoms. The molecule has 0 amide bonds. The van der Waals surface area contributed by atoms with E-state index in [2.05, 4.69) is 15.3 Å². The average molecular weight is 352 g/mol. The molecule has 1 fully saturated rings. The molecule has 6 nitrogen and oxygen atoms in total. The fourth-order valence-electron chi connectivity index (χ4n) is 3.03. The van der Waals surface area contributed by atoms with E-state index in [0.717, 1.165) is 18.6 Å². The lowest BCUT2D eigenvalue weighted by Crippen LogP contribution is -2.30. The Labute approximate surface area is 143 Å². The highest BCUT2D eigenvalue weighted by atomic mass is 19.4. The molecule has 2 aromatic rings. The van der Waals surface area contributed by atoms with Crippen molar-refractivity contribution in [3.63, 3.8) is 0 Å². The molecule has 0 radical (unpaired) electrons. The summed E-state index contributed by atoms with van der Waals surface area (Å²) in [6, 6.07) is 5.25. The zero-order valence-corrected chi connectivity index (χ0v) is 13.6. The van der Waals surface area contributed by atoms with Gasteiger partial charge in [0.2, 0.25) is 5.95 Å². The van der Waals surface area contributed by atoms with Crippen LogP contribution in [0.5, 0.6) is 0 Å². The number of nitrogens with zero attached hydrogens (tertiary/aromatic N) is 3. The number of benzene rings is 1. The molecular formula is C16H19F3N6. The lowest BCUT2D eigenvalue weighted by molar-refractivity contribution is -0.137. The van der Waals surface area contributed by atoms with Crippen molar-refractivity contribution in [2.24, 2.45) is 0 Å². The summed E-state index contributed by atoms with van der Waals surface area (Å²) in [4.78, 5) is 10.2. The Bertz CT molecular complexity index is 777. The topological polar surface area (TPSA) is 93.1 Å². The van der Waals surface area contributed by atoms with Crippen LogP contribution in [0.15, 0.2) is 24.3 Å². The largest absolute Gasteiger partial charge is 0.416 e. The van der Waals surface area contributed by atoms with E-state index >= 15 is 0 Å². The third-order valence-corrected chi connectivity index (χ3v) is 4.31. The molecule has 9 heteroatoms. The Kier molecular flexibility index (Phi) is 4.42. The third-order valence-electron chi connectivity index (χ3n) is 4.31. The maximum absolute atomic E-state index is 13.0. The van der Waals surface area contributed by atoms with Gasteiger partial charge >= 0.3 is 6.18 Å². The molecule has 1 aliphatic heterocycles. The summed E-state index contributed by atoms with van der Waals surface area (Å²) in [5.41, 5.74) is 11.6. The van der Waals surface area contributed by atoms with Crippen LogP contribution in [0, 0.1) is 0 Å². The number of hydrogen-bond donors (Lipinski definition) is 3. The molecule has 5 N–H and O–H groups in total. The van der Waals surface area contributed by atoms with Gasteiger partial charge in [-0.3, -0.25) is 0 Å². The van der Waals surface area contributed by atoms with Gasteiger partial charge in [0.15, 0.2) is 0 Å². The normalized spacial score (nSPS) is 17.9. The van der Waals surface area contributed by atoms with E-state index in [-0.39, 0.29) is 17.8 Å². The maximum Gasteiger partial charge on any atom is 0.416 e. The zero-order valence-electron chi connectivity index (χ0n) is 13.6. The van der Waals surface area contributed by atoms with E-state index in [9.17, 15) is 13.2 Å². The molecule has 3 rings (SSSR count). The second kappa shape index (κ2) is 6.40. The van der Waals surface area contributed by atoms with Crippen LogP contribution in [0.2, 0.25) is 0 Å². The van der Waals surface area contributed by atoms with Gasteiger partial charge in [0.1, 0.15) is 11.6 Å². The molecule has 1 aliphatic rings. The van der Waals surface area contributed by atoms with Gasteiger partial charge in [-0.15, -0.1) is 0 Å². The van der Waals surface area contributed by atoms with Crippen LogP contribution in [0.4, 0.5) is 30.8 Å². The Morgan fingerprint density at radius 3 is 2.64 bits per heavy atom. The number of rotatable bonds is 3. The highest BCUT2D eigenvalue weighted by molar-refractivity contribution is 5.85. The molecule has 0 spiro atoms. The van der Waals surface area contributed by atoms with Crippen molar-refractivity contribution in [1.82, 2.24) is 15.3 Å². The SMILES string of the molecule is CN[C@H]1CCN(c2nc(N)nc(N)c2-c2cccc(C(F)(F)F)c2)C1. The van der Waals surface area contributed by atoms with Crippen molar-refractivity contribution in [2.45, 2.75) is 18.6 Å². The molecule has 25 heavy (non-hydrogen) atoms. The van der Waals surface area contributed by atoms with Gasteiger partial charge < -0.3 is 21.7 Å². The molecule has 1 aromatic carbocycles. The third kappa shape index (κ3) is 3.46. The van der Waals surface area contributed by atoms with E-state index in [1.807, 2.05) is 11.9 Å². The number of hydrogen-bond acceptors (Lipinski definition) is 6. The number of alkyl halides is 3. The number of nitrogens with one attached hydrogen (secondary N) is 1. The van der Waals surface area contributed by atoms with Crippen molar-refractivity contribution in [2.75, 3.05) is 36.5 Å². The Morgan fingerprint density at radius 2 is 2.00 bits per heavy atom. The van der Waals surface area contributed by atoms with Crippen LogP contribution < -0.4 is 21.7 Å². The Balaban J connectivity index is 2.10. The maximum atomic E-state index is 13.0. The molecule has 0 unspecified atom stereocenters. The first-order valence-corrected chi connectivity index (χ1v) is 7.82. The summed E-state index contributed by atoms with van der Waals surface area (Å²) in [7, 11) is 1.87. The second-order valence-electron chi connectivity index (χ2n) is 5.96. The molecule has 1 aromatic heterocycles. The van der Waals surface area contributed by atoms with Gasteiger partial charge in [-0.25, -0.2) is 0 Å².